The summed E-state index contributed by atoms with van der Waals surface area (Å²) in [5.74, 6) is -0.528. The van der Waals surface area contributed by atoms with E-state index >= 15 is 0 Å². The molecule has 2 aromatic rings. The Kier molecular flexibility index (Phi) is 12.8. The molecule has 0 spiro atoms. The van der Waals surface area contributed by atoms with Crippen molar-refractivity contribution < 1.29 is 35.9 Å². The van der Waals surface area contributed by atoms with Crippen molar-refractivity contribution in [1.29, 1.82) is 0 Å². The van der Waals surface area contributed by atoms with Crippen molar-refractivity contribution in [2.45, 2.75) is 32.4 Å². The zero-order valence-corrected chi connectivity index (χ0v) is 24.6. The Morgan fingerprint density at radius 3 is 2.54 bits per heavy atom. The van der Waals surface area contributed by atoms with Gasteiger partial charge in [0.1, 0.15) is 17.1 Å². The standard InChI is InChI=1S/C26H37F3N6O5S/c1-18(11-14-35(2)41(5,37)38)8-6-7-12-30-23-20(26(27,28)29)17-32-25(34-23)33-21-10-9-19(16-22(21)40-4)24(36)31-13-15-39-3/h9-11,16-17H,6-8,12-15H2,1-5H3,(H,31,36)(H2,30,32,33,34). The summed E-state index contributed by atoms with van der Waals surface area (Å²) in [5, 5.41) is 8.30. The van der Waals surface area contributed by atoms with Gasteiger partial charge in [-0.25, -0.2) is 17.7 Å². The average Bonchev–Trinajstić information content (AvgIpc) is 2.90. The largest absolute Gasteiger partial charge is 0.495 e. The lowest BCUT2D eigenvalue weighted by molar-refractivity contribution is -0.137. The predicted octanol–water partition coefficient (Wildman–Crippen LogP) is 4.04. The van der Waals surface area contributed by atoms with Gasteiger partial charge in [0.2, 0.25) is 16.0 Å². The van der Waals surface area contributed by atoms with Crippen molar-refractivity contribution in [2.24, 2.45) is 0 Å². The van der Waals surface area contributed by atoms with Gasteiger partial charge in [0.15, 0.2) is 0 Å². The quantitative estimate of drug-likeness (QED) is 0.192. The molecular formula is C26H37F3N6O5S. The Morgan fingerprint density at radius 2 is 1.90 bits per heavy atom. The predicted molar refractivity (Wildman–Crippen MR) is 151 cm³/mol. The van der Waals surface area contributed by atoms with Crippen molar-refractivity contribution in [3.8, 4) is 5.75 Å². The molecule has 0 saturated carbocycles. The summed E-state index contributed by atoms with van der Waals surface area (Å²) < 4.78 is 75.3. The van der Waals surface area contributed by atoms with Crippen LogP contribution in [0.1, 0.15) is 42.1 Å². The van der Waals surface area contributed by atoms with Crippen LogP contribution in [0.25, 0.3) is 0 Å². The number of methoxy groups -OCH3 is 2. The van der Waals surface area contributed by atoms with Crippen molar-refractivity contribution in [3.63, 3.8) is 0 Å². The van der Waals surface area contributed by atoms with Crippen molar-refractivity contribution in [2.75, 3.05) is 64.4 Å². The maximum atomic E-state index is 13.6. The molecule has 1 aromatic heterocycles. The van der Waals surface area contributed by atoms with E-state index in [0.717, 1.165) is 11.8 Å². The number of halogens is 3. The molecule has 0 bridgehead atoms. The number of rotatable bonds is 16. The van der Waals surface area contributed by atoms with Crippen molar-refractivity contribution in [3.05, 3.63) is 47.2 Å². The van der Waals surface area contributed by atoms with Crippen molar-refractivity contribution >= 4 is 33.4 Å². The number of alkyl halides is 3. The Morgan fingerprint density at radius 1 is 1.17 bits per heavy atom. The summed E-state index contributed by atoms with van der Waals surface area (Å²) in [6.45, 7) is 3.04. The topological polar surface area (TPSA) is 135 Å². The molecule has 1 heterocycles. The van der Waals surface area contributed by atoms with Crippen LogP contribution in [0.5, 0.6) is 5.75 Å². The summed E-state index contributed by atoms with van der Waals surface area (Å²) in [7, 11) is 1.14. The minimum absolute atomic E-state index is 0.0927. The molecule has 0 aliphatic heterocycles. The first-order chi connectivity index (χ1) is 19.3. The second-order valence-corrected chi connectivity index (χ2v) is 11.3. The number of ether oxygens (including phenoxy) is 2. The molecule has 11 nitrogen and oxygen atoms in total. The lowest BCUT2D eigenvalue weighted by Gasteiger charge is -2.16. The third-order valence-electron chi connectivity index (χ3n) is 5.95. The van der Waals surface area contributed by atoms with Crippen LogP contribution in [-0.4, -0.2) is 82.4 Å². The summed E-state index contributed by atoms with van der Waals surface area (Å²) in [4.78, 5) is 20.2. The number of likely N-dealkylation sites (N-methyl/N-ethyl adjacent to an activating group) is 1. The number of nitrogens with one attached hydrogen (secondary N) is 3. The molecule has 228 valence electrons. The van der Waals surface area contributed by atoms with Gasteiger partial charge < -0.3 is 25.4 Å². The lowest BCUT2D eigenvalue weighted by atomic mass is 10.1. The highest BCUT2D eigenvalue weighted by molar-refractivity contribution is 7.88. The van der Waals surface area contributed by atoms with Gasteiger partial charge in [0, 0.05) is 45.6 Å². The Balaban J connectivity index is 2.07. The van der Waals surface area contributed by atoms with Crippen LogP contribution in [0, 0.1) is 0 Å². The molecule has 1 amide bonds. The van der Waals surface area contributed by atoms with Crippen LogP contribution in [0.15, 0.2) is 36.0 Å². The minimum atomic E-state index is -4.67. The first kappa shape index (κ1) is 33.8. The Bertz CT molecular complexity index is 1310. The average molecular weight is 603 g/mol. The molecule has 0 aliphatic rings. The number of amides is 1. The molecule has 41 heavy (non-hydrogen) atoms. The number of benzene rings is 1. The number of nitrogens with zero attached hydrogens (tertiary/aromatic N) is 3. The van der Waals surface area contributed by atoms with Crippen LogP contribution in [0.3, 0.4) is 0 Å². The normalized spacial score (nSPS) is 12.4. The molecule has 0 unspecified atom stereocenters. The van der Waals surface area contributed by atoms with Gasteiger partial charge in [-0.3, -0.25) is 4.79 Å². The van der Waals surface area contributed by atoms with Crippen LogP contribution in [0.2, 0.25) is 0 Å². The number of carbonyl (C=O) groups is 1. The minimum Gasteiger partial charge on any atom is -0.495 e. The van der Waals surface area contributed by atoms with Gasteiger partial charge in [0.05, 0.1) is 25.7 Å². The fourth-order valence-corrected chi connectivity index (χ4v) is 3.81. The van der Waals surface area contributed by atoms with E-state index in [0.29, 0.717) is 49.9 Å². The molecule has 0 fully saturated rings. The maximum absolute atomic E-state index is 13.6. The molecule has 3 N–H and O–H groups in total. The Hall–Kier alpha value is -3.43. The number of carbonyl (C=O) groups excluding carboxylic acids is 1. The molecule has 1 aromatic carbocycles. The van der Waals surface area contributed by atoms with Gasteiger partial charge in [-0.05, 0) is 44.4 Å². The number of sulfonamides is 1. The van der Waals surface area contributed by atoms with Gasteiger partial charge in [-0.1, -0.05) is 11.6 Å². The van der Waals surface area contributed by atoms with Crippen LogP contribution < -0.4 is 20.7 Å². The molecule has 0 atom stereocenters. The van der Waals surface area contributed by atoms with Crippen molar-refractivity contribution in [1.82, 2.24) is 19.6 Å². The van der Waals surface area contributed by atoms with Gasteiger partial charge in [-0.15, -0.1) is 0 Å². The third kappa shape index (κ3) is 11.2. The molecule has 0 saturated heterocycles. The number of unbranched alkanes of at least 4 members (excludes halogenated alkanes) is 1. The number of hydrogen-bond acceptors (Lipinski definition) is 9. The van der Waals surface area contributed by atoms with E-state index in [-0.39, 0.29) is 36.5 Å². The summed E-state index contributed by atoms with van der Waals surface area (Å²) >= 11 is 0. The number of hydrogen-bond donors (Lipinski definition) is 3. The van der Waals surface area contributed by atoms with Gasteiger partial charge >= 0.3 is 6.18 Å². The van der Waals surface area contributed by atoms with E-state index < -0.39 is 21.8 Å². The number of allylic oxidation sites excluding steroid dienone is 1. The summed E-state index contributed by atoms with van der Waals surface area (Å²) in [6.07, 6.45) is 0.880. The van der Waals surface area contributed by atoms with Gasteiger partial charge in [0.25, 0.3) is 5.91 Å². The van der Waals surface area contributed by atoms with Crippen LogP contribution in [0.4, 0.5) is 30.6 Å². The monoisotopic (exact) mass is 602 g/mol. The second kappa shape index (κ2) is 15.5. The van der Waals surface area contributed by atoms with Crippen LogP contribution >= 0.6 is 0 Å². The fraction of sp³-hybridized carbons (Fsp3) is 0.500. The number of anilines is 3. The molecule has 15 heteroatoms. The van der Waals surface area contributed by atoms with E-state index in [1.54, 1.807) is 6.07 Å². The molecule has 0 radical (unpaired) electrons. The SMILES string of the molecule is COCCNC(=O)c1ccc(Nc2ncc(C(F)(F)F)c(NCCCCC(C)=CCN(C)S(C)(=O)=O)n2)c(OC)c1. The van der Waals surface area contributed by atoms with Crippen LogP contribution in [-0.2, 0) is 20.9 Å². The molecule has 2 rings (SSSR count). The van der Waals surface area contributed by atoms with E-state index in [4.69, 9.17) is 9.47 Å². The summed E-state index contributed by atoms with van der Waals surface area (Å²) in [5.41, 5.74) is 0.664. The first-order valence-electron chi connectivity index (χ1n) is 12.7. The fourth-order valence-electron chi connectivity index (χ4n) is 3.47. The molecular weight excluding hydrogens is 565 g/mol. The first-order valence-corrected chi connectivity index (χ1v) is 14.6. The zero-order chi connectivity index (χ0) is 30.6. The van der Waals surface area contributed by atoms with E-state index in [1.807, 2.05) is 13.0 Å². The lowest BCUT2D eigenvalue weighted by Crippen LogP contribution is -2.26. The maximum Gasteiger partial charge on any atom is 0.421 e. The highest BCUT2D eigenvalue weighted by Crippen LogP contribution is 2.35. The molecule has 0 aliphatic carbocycles. The number of aromatic nitrogens is 2. The Labute approximate surface area is 238 Å². The highest BCUT2D eigenvalue weighted by atomic mass is 32.2. The van der Waals surface area contributed by atoms with E-state index in [9.17, 15) is 26.4 Å². The van der Waals surface area contributed by atoms with E-state index in [2.05, 4.69) is 25.9 Å². The van der Waals surface area contributed by atoms with E-state index in [1.165, 1.54) is 37.7 Å². The second-order valence-electron chi connectivity index (χ2n) is 9.22. The smallest absolute Gasteiger partial charge is 0.421 e. The third-order valence-corrected chi connectivity index (χ3v) is 7.23. The summed E-state index contributed by atoms with van der Waals surface area (Å²) in [6, 6.07) is 4.57. The van der Waals surface area contributed by atoms with Gasteiger partial charge in [-0.2, -0.15) is 18.2 Å². The zero-order valence-electron chi connectivity index (χ0n) is 23.8. The highest BCUT2D eigenvalue weighted by Gasteiger charge is 2.35.